The molecule has 2 aromatic rings. The molecule has 2 aromatic carbocycles. The predicted octanol–water partition coefficient (Wildman–Crippen LogP) is 3.01. The minimum atomic E-state index is -1.07. The predicted molar refractivity (Wildman–Crippen MR) is 73.1 cm³/mol. The van der Waals surface area contributed by atoms with Crippen LogP contribution in [0.5, 0.6) is 0 Å². The summed E-state index contributed by atoms with van der Waals surface area (Å²) in [6.45, 7) is 1.35. The largest absolute Gasteiger partial charge is 0.478 e. The van der Waals surface area contributed by atoms with Gasteiger partial charge in [0.15, 0.2) is 0 Å². The number of carboxylic acid groups (broad SMARTS) is 1. The Morgan fingerprint density at radius 2 is 1.68 bits per heavy atom. The van der Waals surface area contributed by atoms with Crippen molar-refractivity contribution in [2.75, 3.05) is 5.32 Å². The van der Waals surface area contributed by atoms with Crippen LogP contribution in [0.1, 0.15) is 17.3 Å². The molecule has 0 aromatic heterocycles. The maximum Gasteiger partial charge on any atom is 0.337 e. The zero-order valence-electron chi connectivity index (χ0n) is 10.4. The van der Waals surface area contributed by atoms with E-state index in [1.54, 1.807) is 12.1 Å². The van der Waals surface area contributed by atoms with Gasteiger partial charge in [-0.1, -0.05) is 42.5 Å². The number of carbonyl (C=O) groups excluding carboxylic acids is 1. The molecule has 0 bridgehead atoms. The number of carbonyl (C=O) groups is 2. The van der Waals surface area contributed by atoms with Crippen LogP contribution in [0.15, 0.2) is 48.5 Å². The lowest BCUT2D eigenvalue weighted by Gasteiger charge is -2.13. The second kappa shape index (κ2) is 5.35. The minimum absolute atomic E-state index is 0.0801. The molecule has 0 saturated carbocycles. The molecule has 1 amide bonds. The SMILES string of the molecule is CC(=O)Nc1c(C(=O)O)cccc1-c1ccccc1. The molecular weight excluding hydrogens is 242 g/mol. The summed E-state index contributed by atoms with van der Waals surface area (Å²) in [6.07, 6.45) is 0. The Labute approximate surface area is 110 Å². The number of hydrogen-bond donors (Lipinski definition) is 2. The molecule has 0 unspecified atom stereocenters. The molecule has 2 N–H and O–H groups in total. The highest BCUT2D eigenvalue weighted by Crippen LogP contribution is 2.31. The van der Waals surface area contributed by atoms with Crippen LogP contribution < -0.4 is 5.32 Å². The highest BCUT2D eigenvalue weighted by molar-refractivity contribution is 6.04. The zero-order chi connectivity index (χ0) is 13.8. The molecule has 0 aliphatic carbocycles. The van der Waals surface area contributed by atoms with Crippen LogP contribution in [0.2, 0.25) is 0 Å². The van der Waals surface area contributed by atoms with E-state index in [-0.39, 0.29) is 11.5 Å². The number of nitrogens with one attached hydrogen (secondary N) is 1. The fourth-order valence-electron chi connectivity index (χ4n) is 1.90. The van der Waals surface area contributed by atoms with E-state index in [0.717, 1.165) is 5.56 Å². The summed E-state index contributed by atoms with van der Waals surface area (Å²) in [6, 6.07) is 14.3. The Hall–Kier alpha value is -2.62. The highest BCUT2D eigenvalue weighted by Gasteiger charge is 2.15. The maximum absolute atomic E-state index is 11.3. The summed E-state index contributed by atoms with van der Waals surface area (Å²) in [5.41, 5.74) is 1.95. The van der Waals surface area contributed by atoms with E-state index < -0.39 is 5.97 Å². The van der Waals surface area contributed by atoms with Gasteiger partial charge in [0.05, 0.1) is 11.3 Å². The van der Waals surface area contributed by atoms with Crippen molar-refractivity contribution in [2.45, 2.75) is 6.92 Å². The summed E-state index contributed by atoms with van der Waals surface area (Å²) in [4.78, 5) is 22.5. The van der Waals surface area contributed by atoms with Crippen molar-refractivity contribution in [3.63, 3.8) is 0 Å². The normalized spacial score (nSPS) is 9.95. The molecule has 0 aliphatic heterocycles. The first-order chi connectivity index (χ1) is 9.09. The average molecular weight is 255 g/mol. The third-order valence-electron chi connectivity index (χ3n) is 2.68. The van der Waals surface area contributed by atoms with Crippen molar-refractivity contribution in [2.24, 2.45) is 0 Å². The standard InChI is InChI=1S/C15H13NO3/c1-10(17)16-14-12(11-6-3-2-4-7-11)8-5-9-13(14)15(18)19/h2-9H,1H3,(H,16,17)(H,18,19). The second-order valence-corrected chi connectivity index (χ2v) is 4.08. The Bertz CT molecular complexity index is 621. The van der Waals surface area contributed by atoms with Gasteiger partial charge in [0, 0.05) is 12.5 Å². The van der Waals surface area contributed by atoms with Gasteiger partial charge in [0.25, 0.3) is 0 Å². The molecule has 0 atom stereocenters. The topological polar surface area (TPSA) is 66.4 Å². The quantitative estimate of drug-likeness (QED) is 0.885. The molecule has 0 radical (unpaired) electrons. The van der Waals surface area contributed by atoms with Crippen molar-refractivity contribution in [3.8, 4) is 11.1 Å². The van der Waals surface area contributed by atoms with E-state index >= 15 is 0 Å². The molecule has 0 fully saturated rings. The molecule has 4 heteroatoms. The first-order valence-corrected chi connectivity index (χ1v) is 5.79. The molecule has 19 heavy (non-hydrogen) atoms. The highest BCUT2D eigenvalue weighted by atomic mass is 16.4. The smallest absolute Gasteiger partial charge is 0.337 e. The number of anilines is 1. The Kier molecular flexibility index (Phi) is 3.61. The summed E-state index contributed by atoms with van der Waals surface area (Å²) >= 11 is 0. The van der Waals surface area contributed by atoms with E-state index in [2.05, 4.69) is 5.32 Å². The van der Waals surface area contributed by atoms with Gasteiger partial charge in [-0.15, -0.1) is 0 Å². The van der Waals surface area contributed by atoms with Gasteiger partial charge in [-0.25, -0.2) is 4.79 Å². The van der Waals surface area contributed by atoms with Crippen molar-refractivity contribution in [3.05, 3.63) is 54.1 Å². The number of aromatic carboxylic acids is 1. The van der Waals surface area contributed by atoms with Gasteiger partial charge in [0.1, 0.15) is 0 Å². The summed E-state index contributed by atoms with van der Waals surface area (Å²) in [5.74, 6) is -1.37. The molecular formula is C15H13NO3. The van der Waals surface area contributed by atoms with Crippen LogP contribution in [-0.4, -0.2) is 17.0 Å². The first-order valence-electron chi connectivity index (χ1n) is 5.79. The molecule has 96 valence electrons. The van der Waals surface area contributed by atoms with Crippen molar-refractivity contribution >= 4 is 17.6 Å². The fraction of sp³-hybridized carbons (Fsp3) is 0.0667. The lowest BCUT2D eigenvalue weighted by atomic mass is 10.00. The second-order valence-electron chi connectivity index (χ2n) is 4.08. The van der Waals surface area contributed by atoms with E-state index in [1.807, 2.05) is 30.3 Å². The van der Waals surface area contributed by atoms with Crippen molar-refractivity contribution in [1.29, 1.82) is 0 Å². The van der Waals surface area contributed by atoms with E-state index in [4.69, 9.17) is 0 Å². The van der Waals surface area contributed by atoms with E-state index in [9.17, 15) is 14.7 Å². The third-order valence-corrected chi connectivity index (χ3v) is 2.68. The molecule has 0 heterocycles. The van der Waals surface area contributed by atoms with Gasteiger partial charge in [0.2, 0.25) is 5.91 Å². The molecule has 2 rings (SSSR count). The number of amides is 1. The number of para-hydroxylation sites is 1. The van der Waals surface area contributed by atoms with Crippen LogP contribution >= 0.6 is 0 Å². The fourth-order valence-corrected chi connectivity index (χ4v) is 1.90. The van der Waals surface area contributed by atoms with Gasteiger partial charge in [-0.3, -0.25) is 4.79 Å². The molecule has 0 saturated heterocycles. The van der Waals surface area contributed by atoms with E-state index in [1.165, 1.54) is 13.0 Å². The van der Waals surface area contributed by atoms with Crippen LogP contribution in [0.3, 0.4) is 0 Å². The Morgan fingerprint density at radius 1 is 1.00 bits per heavy atom. The molecule has 0 spiro atoms. The molecule has 0 aliphatic rings. The van der Waals surface area contributed by atoms with Crippen molar-refractivity contribution < 1.29 is 14.7 Å². The van der Waals surface area contributed by atoms with Gasteiger partial charge in [-0.05, 0) is 11.6 Å². The number of rotatable bonds is 3. The van der Waals surface area contributed by atoms with Crippen LogP contribution in [0.25, 0.3) is 11.1 Å². The van der Waals surface area contributed by atoms with Gasteiger partial charge < -0.3 is 10.4 Å². The minimum Gasteiger partial charge on any atom is -0.478 e. The lowest BCUT2D eigenvalue weighted by Crippen LogP contribution is -2.12. The van der Waals surface area contributed by atoms with E-state index in [0.29, 0.717) is 11.3 Å². The summed E-state index contributed by atoms with van der Waals surface area (Å²) in [5, 5.41) is 11.8. The van der Waals surface area contributed by atoms with Crippen LogP contribution in [0.4, 0.5) is 5.69 Å². The van der Waals surface area contributed by atoms with Crippen LogP contribution in [-0.2, 0) is 4.79 Å². The number of hydrogen-bond acceptors (Lipinski definition) is 2. The van der Waals surface area contributed by atoms with Gasteiger partial charge >= 0.3 is 5.97 Å². The first kappa shape index (κ1) is 12.8. The number of carboxylic acids is 1. The van der Waals surface area contributed by atoms with Crippen molar-refractivity contribution in [1.82, 2.24) is 0 Å². The third kappa shape index (κ3) is 2.80. The number of benzene rings is 2. The zero-order valence-corrected chi connectivity index (χ0v) is 10.4. The van der Waals surface area contributed by atoms with Gasteiger partial charge in [-0.2, -0.15) is 0 Å². The monoisotopic (exact) mass is 255 g/mol. The summed E-state index contributed by atoms with van der Waals surface area (Å²) < 4.78 is 0. The summed E-state index contributed by atoms with van der Waals surface area (Å²) in [7, 11) is 0. The average Bonchev–Trinajstić information content (AvgIpc) is 2.39. The van der Waals surface area contributed by atoms with Crippen LogP contribution in [0, 0.1) is 0 Å². The molecule has 4 nitrogen and oxygen atoms in total. The Balaban J connectivity index is 2.63. The lowest BCUT2D eigenvalue weighted by molar-refractivity contribution is -0.114. The Morgan fingerprint density at radius 3 is 2.26 bits per heavy atom. The maximum atomic E-state index is 11.3.